The molecular weight excluding hydrogens is 170 g/mol. The zero-order valence-electron chi connectivity index (χ0n) is 9.84. The van der Waals surface area contributed by atoms with Gasteiger partial charge in [0.25, 0.3) is 0 Å². The molecule has 2 fully saturated rings. The molecule has 2 atom stereocenters. The van der Waals surface area contributed by atoms with Crippen LogP contribution in [0.4, 0.5) is 0 Å². The molecule has 0 bridgehead atoms. The smallest absolute Gasteiger partial charge is 0.00953 e. The maximum atomic E-state index is 2.76. The number of likely N-dealkylation sites (tertiary alicyclic amines) is 1. The van der Waals surface area contributed by atoms with Crippen LogP contribution in [0.5, 0.6) is 0 Å². The molecule has 0 aromatic rings. The Hall–Kier alpha value is -0.0400. The Bertz CT molecular complexity index is 174. The number of rotatable bonds is 3. The molecule has 0 aromatic heterocycles. The maximum absolute atomic E-state index is 2.76. The van der Waals surface area contributed by atoms with Gasteiger partial charge in [-0.2, -0.15) is 0 Å². The third kappa shape index (κ3) is 2.13. The van der Waals surface area contributed by atoms with Crippen molar-refractivity contribution in [1.82, 2.24) is 4.90 Å². The average molecular weight is 195 g/mol. The van der Waals surface area contributed by atoms with E-state index in [1.807, 2.05) is 0 Å². The topological polar surface area (TPSA) is 3.24 Å². The van der Waals surface area contributed by atoms with Gasteiger partial charge in [-0.3, -0.25) is 0 Å². The Kier molecular flexibility index (Phi) is 3.48. The van der Waals surface area contributed by atoms with Crippen molar-refractivity contribution >= 4 is 0 Å². The fourth-order valence-corrected chi connectivity index (χ4v) is 3.11. The molecule has 0 N–H and O–H groups in total. The van der Waals surface area contributed by atoms with E-state index in [9.17, 15) is 0 Å². The average Bonchev–Trinajstić information content (AvgIpc) is 2.07. The first kappa shape index (κ1) is 10.5. The molecule has 1 aliphatic carbocycles. The minimum atomic E-state index is 0.948. The van der Waals surface area contributed by atoms with Crippen molar-refractivity contribution in [1.29, 1.82) is 0 Å². The van der Waals surface area contributed by atoms with Crippen LogP contribution in [0.1, 0.15) is 52.4 Å². The SMILES string of the molecule is CCCC1CCN(C2CCC2)CC1C. The second-order valence-corrected chi connectivity index (χ2v) is 5.39. The molecule has 82 valence electrons. The highest BCUT2D eigenvalue weighted by atomic mass is 15.2. The highest BCUT2D eigenvalue weighted by Crippen LogP contribution is 2.33. The van der Waals surface area contributed by atoms with Crippen molar-refractivity contribution in [3.8, 4) is 0 Å². The van der Waals surface area contributed by atoms with Gasteiger partial charge >= 0.3 is 0 Å². The van der Waals surface area contributed by atoms with Crippen LogP contribution in [-0.4, -0.2) is 24.0 Å². The monoisotopic (exact) mass is 195 g/mol. The molecule has 1 aliphatic heterocycles. The highest BCUT2D eigenvalue weighted by Gasteiger charge is 2.31. The number of hydrogen-bond donors (Lipinski definition) is 0. The standard InChI is InChI=1S/C13H25N/c1-3-5-12-8-9-14(10-11(12)2)13-6-4-7-13/h11-13H,3-10H2,1-2H3. The Morgan fingerprint density at radius 1 is 1.21 bits per heavy atom. The molecule has 2 aliphatic rings. The predicted octanol–water partition coefficient (Wildman–Crippen LogP) is 3.30. The summed E-state index contributed by atoms with van der Waals surface area (Å²) in [5, 5.41) is 0. The summed E-state index contributed by atoms with van der Waals surface area (Å²) in [6.45, 7) is 7.56. The Balaban J connectivity index is 1.79. The van der Waals surface area contributed by atoms with Gasteiger partial charge in [0, 0.05) is 12.6 Å². The van der Waals surface area contributed by atoms with Crippen LogP contribution in [0.3, 0.4) is 0 Å². The molecule has 1 saturated heterocycles. The van der Waals surface area contributed by atoms with E-state index in [4.69, 9.17) is 0 Å². The van der Waals surface area contributed by atoms with Gasteiger partial charge in [-0.05, 0) is 37.6 Å². The van der Waals surface area contributed by atoms with E-state index in [0.29, 0.717) is 0 Å². The minimum Gasteiger partial charge on any atom is -0.300 e. The van der Waals surface area contributed by atoms with Crippen LogP contribution < -0.4 is 0 Å². The van der Waals surface area contributed by atoms with E-state index in [1.165, 1.54) is 51.6 Å². The molecule has 1 heterocycles. The van der Waals surface area contributed by atoms with Gasteiger partial charge in [0.1, 0.15) is 0 Å². The normalized spacial score (nSPS) is 35.6. The van der Waals surface area contributed by atoms with Gasteiger partial charge in [0.2, 0.25) is 0 Å². The molecule has 2 rings (SSSR count). The minimum absolute atomic E-state index is 0.948. The lowest BCUT2D eigenvalue weighted by atomic mass is 9.81. The maximum Gasteiger partial charge on any atom is 0.00953 e. The molecule has 0 radical (unpaired) electrons. The lowest BCUT2D eigenvalue weighted by Gasteiger charge is -2.44. The van der Waals surface area contributed by atoms with Crippen molar-refractivity contribution in [2.24, 2.45) is 11.8 Å². The van der Waals surface area contributed by atoms with Crippen LogP contribution in [0.25, 0.3) is 0 Å². The van der Waals surface area contributed by atoms with Gasteiger partial charge in [-0.15, -0.1) is 0 Å². The van der Waals surface area contributed by atoms with Crippen LogP contribution in [0.15, 0.2) is 0 Å². The highest BCUT2D eigenvalue weighted by molar-refractivity contribution is 4.86. The van der Waals surface area contributed by atoms with Gasteiger partial charge < -0.3 is 4.90 Å². The first-order valence-electron chi connectivity index (χ1n) is 6.55. The van der Waals surface area contributed by atoms with E-state index >= 15 is 0 Å². The van der Waals surface area contributed by atoms with Gasteiger partial charge in [-0.25, -0.2) is 0 Å². The third-order valence-corrected chi connectivity index (χ3v) is 4.36. The lowest BCUT2D eigenvalue weighted by Crippen LogP contribution is -2.47. The van der Waals surface area contributed by atoms with Crippen molar-refractivity contribution in [3.63, 3.8) is 0 Å². The molecule has 2 unspecified atom stereocenters. The van der Waals surface area contributed by atoms with Crippen molar-refractivity contribution in [2.45, 2.75) is 58.4 Å². The Morgan fingerprint density at radius 2 is 2.00 bits per heavy atom. The first-order valence-corrected chi connectivity index (χ1v) is 6.55. The van der Waals surface area contributed by atoms with Crippen LogP contribution in [0, 0.1) is 11.8 Å². The van der Waals surface area contributed by atoms with Gasteiger partial charge in [0.15, 0.2) is 0 Å². The first-order chi connectivity index (χ1) is 6.81. The predicted molar refractivity (Wildman–Crippen MR) is 61.4 cm³/mol. The Morgan fingerprint density at radius 3 is 2.50 bits per heavy atom. The molecule has 1 nitrogen and oxygen atoms in total. The molecule has 1 saturated carbocycles. The van der Waals surface area contributed by atoms with Crippen molar-refractivity contribution in [3.05, 3.63) is 0 Å². The summed E-state index contributed by atoms with van der Waals surface area (Å²) in [5.74, 6) is 1.97. The van der Waals surface area contributed by atoms with Crippen LogP contribution in [-0.2, 0) is 0 Å². The summed E-state index contributed by atoms with van der Waals surface area (Å²) in [6.07, 6.45) is 8.73. The fraction of sp³-hybridized carbons (Fsp3) is 1.00. The zero-order valence-corrected chi connectivity index (χ0v) is 9.84. The Labute approximate surface area is 88.9 Å². The number of nitrogens with zero attached hydrogens (tertiary/aromatic N) is 1. The summed E-state index contributed by atoms with van der Waals surface area (Å²) in [7, 11) is 0. The van der Waals surface area contributed by atoms with E-state index in [-0.39, 0.29) is 0 Å². The van der Waals surface area contributed by atoms with Crippen molar-refractivity contribution in [2.75, 3.05) is 13.1 Å². The number of piperidine rings is 1. The van der Waals surface area contributed by atoms with Gasteiger partial charge in [-0.1, -0.05) is 33.1 Å². The van der Waals surface area contributed by atoms with Crippen LogP contribution in [0.2, 0.25) is 0 Å². The van der Waals surface area contributed by atoms with Crippen LogP contribution >= 0.6 is 0 Å². The van der Waals surface area contributed by atoms with E-state index < -0.39 is 0 Å². The zero-order chi connectivity index (χ0) is 9.97. The summed E-state index contributed by atoms with van der Waals surface area (Å²) in [4.78, 5) is 2.76. The molecule has 1 heteroatoms. The molecule has 0 amide bonds. The molecule has 0 aromatic carbocycles. The van der Waals surface area contributed by atoms with Crippen molar-refractivity contribution < 1.29 is 0 Å². The summed E-state index contributed by atoms with van der Waals surface area (Å²) in [6, 6.07) is 0.972. The summed E-state index contributed by atoms with van der Waals surface area (Å²) >= 11 is 0. The quantitative estimate of drug-likeness (QED) is 0.668. The fourth-order valence-electron chi connectivity index (χ4n) is 3.11. The summed E-state index contributed by atoms with van der Waals surface area (Å²) < 4.78 is 0. The van der Waals surface area contributed by atoms with E-state index in [0.717, 1.165) is 17.9 Å². The third-order valence-electron chi connectivity index (χ3n) is 4.36. The molecule has 0 spiro atoms. The number of hydrogen-bond acceptors (Lipinski definition) is 1. The van der Waals surface area contributed by atoms with Gasteiger partial charge in [0.05, 0.1) is 0 Å². The van der Waals surface area contributed by atoms with E-state index in [2.05, 4.69) is 18.7 Å². The molecule has 14 heavy (non-hydrogen) atoms. The molecular formula is C13H25N. The second-order valence-electron chi connectivity index (χ2n) is 5.39. The largest absolute Gasteiger partial charge is 0.300 e. The summed E-state index contributed by atoms with van der Waals surface area (Å²) in [5.41, 5.74) is 0. The lowest BCUT2D eigenvalue weighted by molar-refractivity contribution is 0.0505. The second kappa shape index (κ2) is 4.65. The van der Waals surface area contributed by atoms with E-state index in [1.54, 1.807) is 0 Å².